The third kappa shape index (κ3) is 2.24. The fourth-order valence-corrected chi connectivity index (χ4v) is 3.52. The molecule has 2 atom stereocenters. The van der Waals surface area contributed by atoms with E-state index >= 15 is 0 Å². The molecular formula is C11H17ClN4O2S. The van der Waals surface area contributed by atoms with E-state index in [9.17, 15) is 9.90 Å². The third-order valence-corrected chi connectivity index (χ3v) is 4.76. The van der Waals surface area contributed by atoms with Crippen molar-refractivity contribution in [3.8, 4) is 0 Å². The molecule has 2 aliphatic rings. The van der Waals surface area contributed by atoms with E-state index in [-0.39, 0.29) is 30.3 Å². The summed E-state index contributed by atoms with van der Waals surface area (Å²) < 4.78 is 8.10. The van der Waals surface area contributed by atoms with Crippen LogP contribution in [0.5, 0.6) is 0 Å². The first kappa shape index (κ1) is 14.6. The second kappa shape index (κ2) is 5.32. The zero-order valence-corrected chi connectivity index (χ0v) is 12.3. The smallest absolute Gasteiger partial charge is 0.275 e. The van der Waals surface area contributed by atoms with Crippen LogP contribution >= 0.6 is 24.1 Å². The summed E-state index contributed by atoms with van der Waals surface area (Å²) in [6.07, 6.45) is 0. The SMILES string of the molecule is Cc1nsnc1C(=O)N1CC2CNCC2(CO)C1.Cl. The molecule has 3 rings (SSSR count). The fraction of sp³-hybridized carbons (Fsp3) is 0.727. The Morgan fingerprint density at radius 1 is 1.63 bits per heavy atom. The zero-order chi connectivity index (χ0) is 12.8. The van der Waals surface area contributed by atoms with Crippen LogP contribution in [0.4, 0.5) is 0 Å². The van der Waals surface area contributed by atoms with Gasteiger partial charge in [-0.15, -0.1) is 12.4 Å². The van der Waals surface area contributed by atoms with E-state index in [4.69, 9.17) is 0 Å². The number of hydrogen-bond acceptors (Lipinski definition) is 6. The maximum Gasteiger partial charge on any atom is 0.275 e. The van der Waals surface area contributed by atoms with Gasteiger partial charge in [-0.25, -0.2) is 0 Å². The Morgan fingerprint density at radius 3 is 3.00 bits per heavy atom. The van der Waals surface area contributed by atoms with Crippen LogP contribution < -0.4 is 5.32 Å². The fourth-order valence-electron chi connectivity index (χ4n) is 2.98. The van der Waals surface area contributed by atoms with Gasteiger partial charge in [0.2, 0.25) is 0 Å². The monoisotopic (exact) mass is 304 g/mol. The number of aromatic nitrogens is 2. The first-order valence-electron chi connectivity index (χ1n) is 6.06. The van der Waals surface area contributed by atoms with Crippen LogP contribution in [0.25, 0.3) is 0 Å². The summed E-state index contributed by atoms with van der Waals surface area (Å²) in [5, 5.41) is 12.9. The molecule has 0 aliphatic carbocycles. The lowest BCUT2D eigenvalue weighted by atomic mass is 9.82. The van der Waals surface area contributed by atoms with Gasteiger partial charge in [-0.05, 0) is 12.8 Å². The van der Waals surface area contributed by atoms with E-state index in [1.54, 1.807) is 6.92 Å². The maximum atomic E-state index is 12.3. The first-order chi connectivity index (χ1) is 8.66. The Labute approximate surface area is 121 Å². The van der Waals surface area contributed by atoms with E-state index in [1.165, 1.54) is 0 Å². The van der Waals surface area contributed by atoms with Crippen molar-refractivity contribution in [3.63, 3.8) is 0 Å². The summed E-state index contributed by atoms with van der Waals surface area (Å²) >= 11 is 1.07. The number of rotatable bonds is 2. The lowest BCUT2D eigenvalue weighted by Gasteiger charge is -2.24. The van der Waals surface area contributed by atoms with Gasteiger partial charge in [-0.2, -0.15) is 8.75 Å². The van der Waals surface area contributed by atoms with Gasteiger partial charge in [0, 0.05) is 31.6 Å². The molecule has 2 N–H and O–H groups in total. The minimum Gasteiger partial charge on any atom is -0.396 e. The summed E-state index contributed by atoms with van der Waals surface area (Å²) in [5.41, 5.74) is 0.992. The second-order valence-electron chi connectivity index (χ2n) is 5.23. The highest BCUT2D eigenvalue weighted by Gasteiger charge is 2.50. The van der Waals surface area contributed by atoms with Gasteiger partial charge in [0.1, 0.15) is 0 Å². The molecule has 106 valence electrons. The lowest BCUT2D eigenvalue weighted by Crippen LogP contribution is -2.38. The Morgan fingerprint density at radius 2 is 2.42 bits per heavy atom. The molecule has 0 bridgehead atoms. The number of halogens is 1. The number of amides is 1. The average Bonchev–Trinajstić information content (AvgIpc) is 3.00. The molecular weight excluding hydrogens is 288 g/mol. The van der Waals surface area contributed by atoms with Crippen molar-refractivity contribution >= 4 is 30.0 Å². The van der Waals surface area contributed by atoms with Gasteiger partial charge >= 0.3 is 0 Å². The number of aliphatic hydroxyl groups is 1. The first-order valence-corrected chi connectivity index (χ1v) is 6.79. The van der Waals surface area contributed by atoms with Crippen LogP contribution in [0.1, 0.15) is 16.2 Å². The number of likely N-dealkylation sites (tertiary alicyclic amines) is 1. The van der Waals surface area contributed by atoms with Crippen molar-refractivity contribution in [3.05, 3.63) is 11.4 Å². The van der Waals surface area contributed by atoms with Crippen LogP contribution in [0.3, 0.4) is 0 Å². The predicted octanol–water partition coefficient (Wildman–Crippen LogP) is -0.0778. The molecule has 2 aliphatic heterocycles. The normalized spacial score (nSPS) is 29.2. The van der Waals surface area contributed by atoms with Crippen molar-refractivity contribution in [1.29, 1.82) is 0 Å². The molecule has 8 heteroatoms. The number of carbonyl (C=O) groups is 1. The van der Waals surface area contributed by atoms with E-state index in [2.05, 4.69) is 14.1 Å². The molecule has 3 heterocycles. The standard InChI is InChI=1S/C11H16N4O2S.ClH/c1-7-9(14-18-13-7)10(17)15-3-8-2-12-4-11(8,5-15)6-16;/h8,12,16H,2-6H2,1H3;1H. The third-order valence-electron chi connectivity index (χ3n) is 4.14. The molecule has 0 spiro atoms. The van der Waals surface area contributed by atoms with Crippen molar-refractivity contribution in [1.82, 2.24) is 19.0 Å². The van der Waals surface area contributed by atoms with Crippen LogP contribution in [0.2, 0.25) is 0 Å². The van der Waals surface area contributed by atoms with Gasteiger partial charge < -0.3 is 15.3 Å². The predicted molar refractivity (Wildman–Crippen MR) is 73.7 cm³/mol. The molecule has 6 nitrogen and oxygen atoms in total. The summed E-state index contributed by atoms with van der Waals surface area (Å²) in [4.78, 5) is 14.2. The van der Waals surface area contributed by atoms with Crippen LogP contribution in [0.15, 0.2) is 0 Å². The molecule has 1 amide bonds. The largest absolute Gasteiger partial charge is 0.396 e. The van der Waals surface area contributed by atoms with E-state index in [1.807, 2.05) is 4.90 Å². The van der Waals surface area contributed by atoms with Gasteiger partial charge in [-0.3, -0.25) is 4.79 Å². The van der Waals surface area contributed by atoms with Gasteiger partial charge in [-0.1, -0.05) is 0 Å². The molecule has 0 aromatic carbocycles. The number of aryl methyl sites for hydroxylation is 1. The molecule has 1 aromatic heterocycles. The second-order valence-corrected chi connectivity index (χ2v) is 5.76. The van der Waals surface area contributed by atoms with Gasteiger partial charge in [0.05, 0.1) is 24.0 Å². The topological polar surface area (TPSA) is 78.4 Å². The Kier molecular flexibility index (Phi) is 4.10. The minimum absolute atomic E-state index is 0. The Hall–Kier alpha value is -0.760. The van der Waals surface area contributed by atoms with Crippen LogP contribution in [-0.4, -0.2) is 57.4 Å². The highest BCUT2D eigenvalue weighted by Crippen LogP contribution is 2.38. The molecule has 2 unspecified atom stereocenters. The summed E-state index contributed by atoms with van der Waals surface area (Å²) in [6, 6.07) is 0. The van der Waals surface area contributed by atoms with Crippen LogP contribution in [-0.2, 0) is 0 Å². The minimum atomic E-state index is -0.160. The molecule has 2 saturated heterocycles. The number of hydrogen-bond donors (Lipinski definition) is 2. The summed E-state index contributed by atoms with van der Waals surface area (Å²) in [6.45, 7) is 4.89. The number of carbonyl (C=O) groups excluding carboxylic acids is 1. The quantitative estimate of drug-likeness (QED) is 0.799. The van der Waals surface area contributed by atoms with Crippen LogP contribution in [0, 0.1) is 18.3 Å². The van der Waals surface area contributed by atoms with E-state index < -0.39 is 0 Å². The highest BCUT2D eigenvalue weighted by molar-refractivity contribution is 6.99. The van der Waals surface area contributed by atoms with Gasteiger partial charge in [0.15, 0.2) is 5.69 Å². The number of aliphatic hydroxyl groups excluding tert-OH is 1. The molecule has 2 fully saturated rings. The maximum absolute atomic E-state index is 12.3. The zero-order valence-electron chi connectivity index (χ0n) is 10.6. The number of nitrogens with zero attached hydrogens (tertiary/aromatic N) is 3. The molecule has 1 aromatic rings. The average molecular weight is 305 g/mol. The van der Waals surface area contributed by atoms with Crippen molar-refractivity contribution in [2.75, 3.05) is 32.8 Å². The highest BCUT2D eigenvalue weighted by atomic mass is 35.5. The number of nitrogens with one attached hydrogen (secondary N) is 1. The van der Waals surface area contributed by atoms with Gasteiger partial charge in [0.25, 0.3) is 5.91 Å². The summed E-state index contributed by atoms with van der Waals surface area (Å²) in [5.74, 6) is 0.293. The van der Waals surface area contributed by atoms with Crippen molar-refractivity contribution in [2.24, 2.45) is 11.3 Å². The molecule has 0 radical (unpaired) electrons. The van der Waals surface area contributed by atoms with Crippen molar-refractivity contribution in [2.45, 2.75) is 6.92 Å². The summed E-state index contributed by atoms with van der Waals surface area (Å²) in [7, 11) is 0. The molecule has 0 saturated carbocycles. The molecule has 19 heavy (non-hydrogen) atoms. The van der Waals surface area contributed by atoms with E-state index in [0.29, 0.717) is 30.4 Å². The number of fused-ring (bicyclic) bond motifs is 1. The lowest BCUT2D eigenvalue weighted by molar-refractivity contribution is 0.0740. The van der Waals surface area contributed by atoms with Crippen molar-refractivity contribution < 1.29 is 9.90 Å². The Bertz CT molecular complexity index is 483. The van der Waals surface area contributed by atoms with E-state index in [0.717, 1.165) is 24.8 Å². The Balaban J connectivity index is 0.00000133.